The second-order valence-electron chi connectivity index (χ2n) is 7.88. The van der Waals surface area contributed by atoms with E-state index in [1.54, 1.807) is 12.4 Å². The number of carbonyl (C=O) groups is 2. The van der Waals surface area contributed by atoms with Gasteiger partial charge < -0.3 is 9.47 Å². The summed E-state index contributed by atoms with van der Waals surface area (Å²) in [7, 11) is 0. The van der Waals surface area contributed by atoms with Gasteiger partial charge in [-0.2, -0.15) is 0 Å². The molecule has 0 saturated carbocycles. The summed E-state index contributed by atoms with van der Waals surface area (Å²) >= 11 is 1.33. The van der Waals surface area contributed by atoms with Crippen LogP contribution in [-0.2, 0) is 14.3 Å². The SMILES string of the molecule is CCCCCCCCOc1ccc(N(C(=O)COC(C)=O)c2nc(-c3cccnc3)cs2)cc1. The van der Waals surface area contributed by atoms with Crippen LogP contribution < -0.4 is 9.64 Å². The second-order valence-corrected chi connectivity index (χ2v) is 8.71. The Labute approximate surface area is 204 Å². The monoisotopic (exact) mass is 481 g/mol. The number of aromatic nitrogens is 2. The van der Waals surface area contributed by atoms with E-state index in [2.05, 4.69) is 16.9 Å². The Hall–Kier alpha value is -3.26. The Kier molecular flexibility index (Phi) is 10.0. The number of hydrogen-bond donors (Lipinski definition) is 0. The zero-order valence-electron chi connectivity index (χ0n) is 19.7. The fourth-order valence-corrected chi connectivity index (χ4v) is 4.24. The van der Waals surface area contributed by atoms with E-state index in [-0.39, 0.29) is 12.5 Å². The van der Waals surface area contributed by atoms with Crippen molar-refractivity contribution in [1.82, 2.24) is 9.97 Å². The van der Waals surface area contributed by atoms with Crippen LogP contribution in [0.3, 0.4) is 0 Å². The van der Waals surface area contributed by atoms with Gasteiger partial charge >= 0.3 is 5.97 Å². The normalized spacial score (nSPS) is 10.6. The van der Waals surface area contributed by atoms with E-state index < -0.39 is 5.97 Å². The molecule has 180 valence electrons. The molecule has 0 fully saturated rings. The summed E-state index contributed by atoms with van der Waals surface area (Å²) in [6, 6.07) is 11.1. The smallest absolute Gasteiger partial charge is 0.303 e. The summed E-state index contributed by atoms with van der Waals surface area (Å²) in [6.07, 6.45) is 10.7. The van der Waals surface area contributed by atoms with Gasteiger partial charge in [0.05, 0.1) is 18.0 Å². The molecule has 0 atom stereocenters. The first-order chi connectivity index (χ1) is 16.6. The van der Waals surface area contributed by atoms with Crippen molar-refractivity contribution in [1.29, 1.82) is 0 Å². The van der Waals surface area contributed by atoms with E-state index in [0.29, 0.717) is 17.4 Å². The Morgan fingerprint density at radius 3 is 2.50 bits per heavy atom. The van der Waals surface area contributed by atoms with Crippen LogP contribution >= 0.6 is 11.3 Å². The highest BCUT2D eigenvalue weighted by atomic mass is 32.1. The molecular weight excluding hydrogens is 450 g/mol. The molecule has 0 radical (unpaired) electrons. The first kappa shape index (κ1) is 25.4. The minimum Gasteiger partial charge on any atom is -0.494 e. The molecule has 0 unspecified atom stereocenters. The van der Waals surface area contributed by atoms with Crippen molar-refractivity contribution >= 4 is 34.0 Å². The summed E-state index contributed by atoms with van der Waals surface area (Å²) in [6.45, 7) is 3.79. The fourth-order valence-electron chi connectivity index (χ4n) is 3.37. The number of carbonyl (C=O) groups excluding carboxylic acids is 2. The number of unbranched alkanes of at least 4 members (excludes halogenated alkanes) is 5. The van der Waals surface area contributed by atoms with Gasteiger partial charge in [0.25, 0.3) is 5.91 Å². The highest BCUT2D eigenvalue weighted by Gasteiger charge is 2.23. The zero-order valence-corrected chi connectivity index (χ0v) is 20.6. The Morgan fingerprint density at radius 2 is 1.79 bits per heavy atom. The van der Waals surface area contributed by atoms with Crippen LogP contribution in [0.1, 0.15) is 52.4 Å². The lowest BCUT2D eigenvalue weighted by atomic mass is 10.1. The van der Waals surface area contributed by atoms with Crippen molar-refractivity contribution < 1.29 is 19.1 Å². The van der Waals surface area contributed by atoms with Crippen LogP contribution in [0.15, 0.2) is 54.2 Å². The van der Waals surface area contributed by atoms with Crippen LogP contribution in [0.25, 0.3) is 11.3 Å². The van der Waals surface area contributed by atoms with Crippen LogP contribution in [0.2, 0.25) is 0 Å². The zero-order chi connectivity index (χ0) is 24.2. The number of anilines is 2. The Morgan fingerprint density at radius 1 is 1.03 bits per heavy atom. The topological polar surface area (TPSA) is 81.6 Å². The molecule has 0 aliphatic rings. The molecule has 8 heteroatoms. The molecule has 7 nitrogen and oxygen atoms in total. The van der Waals surface area contributed by atoms with Gasteiger partial charge in [0.2, 0.25) is 0 Å². The maximum absolute atomic E-state index is 13.0. The van der Waals surface area contributed by atoms with Crippen molar-refractivity contribution in [3.05, 3.63) is 54.2 Å². The Balaban J connectivity index is 1.69. The molecule has 34 heavy (non-hydrogen) atoms. The average Bonchev–Trinajstić information content (AvgIpc) is 3.33. The number of amides is 1. The highest BCUT2D eigenvalue weighted by molar-refractivity contribution is 7.14. The van der Waals surface area contributed by atoms with Crippen molar-refractivity contribution in [3.63, 3.8) is 0 Å². The number of esters is 1. The quantitative estimate of drug-likeness (QED) is 0.214. The number of benzene rings is 1. The fraction of sp³-hybridized carbons (Fsp3) is 0.385. The minimum atomic E-state index is -0.512. The van der Waals surface area contributed by atoms with E-state index in [1.165, 1.54) is 55.3 Å². The van der Waals surface area contributed by atoms with E-state index in [4.69, 9.17) is 9.47 Å². The van der Waals surface area contributed by atoms with Crippen LogP contribution in [0.4, 0.5) is 10.8 Å². The number of nitrogens with zero attached hydrogens (tertiary/aromatic N) is 3. The van der Waals surface area contributed by atoms with Crippen molar-refractivity contribution in [2.24, 2.45) is 0 Å². The molecule has 0 spiro atoms. The molecule has 0 aliphatic carbocycles. The number of ether oxygens (including phenoxy) is 2. The predicted molar refractivity (Wildman–Crippen MR) is 134 cm³/mol. The summed E-state index contributed by atoms with van der Waals surface area (Å²) in [5.74, 6) is -0.148. The van der Waals surface area contributed by atoms with Crippen molar-refractivity contribution in [2.45, 2.75) is 52.4 Å². The molecule has 2 aromatic heterocycles. The Bertz CT molecular complexity index is 1040. The second kappa shape index (κ2) is 13.4. The first-order valence-corrected chi connectivity index (χ1v) is 12.5. The van der Waals surface area contributed by atoms with Crippen LogP contribution in [-0.4, -0.2) is 35.1 Å². The third-order valence-electron chi connectivity index (χ3n) is 5.15. The van der Waals surface area contributed by atoms with E-state index >= 15 is 0 Å². The lowest BCUT2D eigenvalue weighted by Gasteiger charge is -2.20. The van der Waals surface area contributed by atoms with Crippen molar-refractivity contribution in [2.75, 3.05) is 18.1 Å². The number of pyridine rings is 1. The molecule has 0 aliphatic heterocycles. The lowest BCUT2D eigenvalue weighted by molar-refractivity contribution is -0.145. The molecule has 0 N–H and O–H groups in total. The molecule has 2 heterocycles. The third-order valence-corrected chi connectivity index (χ3v) is 5.98. The standard InChI is InChI=1S/C26H31N3O4S/c1-3-4-5-6-7-8-16-32-23-13-11-22(12-14-23)29(25(31)18-33-20(2)30)26-28-24(19-34-26)21-10-9-15-27-17-21/h9-15,17,19H,3-8,16,18H2,1-2H3. The maximum atomic E-state index is 13.0. The van der Waals surface area contributed by atoms with Gasteiger partial charge in [-0.15, -0.1) is 11.3 Å². The lowest BCUT2D eigenvalue weighted by Crippen LogP contribution is -2.30. The van der Waals surface area contributed by atoms with Gasteiger partial charge in [-0.3, -0.25) is 19.5 Å². The third kappa shape index (κ3) is 7.66. The summed E-state index contributed by atoms with van der Waals surface area (Å²) < 4.78 is 10.8. The number of hydrogen-bond acceptors (Lipinski definition) is 7. The largest absolute Gasteiger partial charge is 0.494 e. The number of thiazole rings is 1. The van der Waals surface area contributed by atoms with Gasteiger partial charge in [0, 0.05) is 30.3 Å². The van der Waals surface area contributed by atoms with Gasteiger partial charge in [0.15, 0.2) is 11.7 Å². The molecular formula is C26H31N3O4S. The van der Waals surface area contributed by atoms with Crippen molar-refractivity contribution in [3.8, 4) is 17.0 Å². The molecule has 3 aromatic rings. The average molecular weight is 482 g/mol. The molecule has 3 rings (SSSR count). The number of rotatable bonds is 13. The summed E-state index contributed by atoms with van der Waals surface area (Å²) in [4.78, 5) is 34.4. The summed E-state index contributed by atoms with van der Waals surface area (Å²) in [5.41, 5.74) is 2.20. The van der Waals surface area contributed by atoms with E-state index in [1.807, 2.05) is 41.8 Å². The molecule has 0 saturated heterocycles. The summed E-state index contributed by atoms with van der Waals surface area (Å²) in [5, 5.41) is 2.35. The van der Waals surface area contributed by atoms with Gasteiger partial charge in [-0.05, 0) is 42.8 Å². The van der Waals surface area contributed by atoms with Crippen LogP contribution in [0.5, 0.6) is 5.75 Å². The molecule has 1 amide bonds. The van der Waals surface area contributed by atoms with Gasteiger partial charge in [-0.25, -0.2) is 4.98 Å². The first-order valence-electron chi connectivity index (χ1n) is 11.6. The molecule has 1 aromatic carbocycles. The predicted octanol–water partition coefficient (Wildman–Crippen LogP) is 6.17. The highest BCUT2D eigenvalue weighted by Crippen LogP contribution is 2.33. The van der Waals surface area contributed by atoms with E-state index in [9.17, 15) is 9.59 Å². The van der Waals surface area contributed by atoms with E-state index in [0.717, 1.165) is 23.4 Å². The van der Waals surface area contributed by atoms with Crippen LogP contribution in [0, 0.1) is 0 Å². The molecule has 0 bridgehead atoms. The maximum Gasteiger partial charge on any atom is 0.303 e. The minimum absolute atomic E-state index is 0.368. The van der Waals surface area contributed by atoms with Gasteiger partial charge in [-0.1, -0.05) is 39.0 Å². The van der Waals surface area contributed by atoms with Gasteiger partial charge in [0.1, 0.15) is 5.75 Å².